The van der Waals surface area contributed by atoms with Gasteiger partial charge in [-0.3, -0.25) is 9.59 Å². The molecule has 1 aromatic heterocycles. The zero-order chi connectivity index (χ0) is 18.3. The first-order valence-corrected chi connectivity index (χ1v) is 9.00. The Bertz CT molecular complexity index is 840. The lowest BCUT2D eigenvalue weighted by atomic mass is 10.1. The Labute approximate surface area is 151 Å². The summed E-state index contributed by atoms with van der Waals surface area (Å²) in [6.45, 7) is 3.08. The summed E-state index contributed by atoms with van der Waals surface area (Å²) in [4.78, 5) is 29.9. The molecule has 3 N–H and O–H groups in total. The number of nitrogens with one attached hydrogen (secondary N) is 2. The van der Waals surface area contributed by atoms with Crippen molar-refractivity contribution in [1.82, 2.24) is 15.2 Å². The number of H-pyrrole nitrogens is 1. The van der Waals surface area contributed by atoms with Crippen LogP contribution in [-0.2, 0) is 9.53 Å². The maximum atomic E-state index is 12.7. The maximum Gasteiger partial charge on any atom is 0.253 e. The number of ether oxygens (including phenoxy) is 1. The summed E-state index contributed by atoms with van der Waals surface area (Å²) >= 11 is 0. The van der Waals surface area contributed by atoms with E-state index in [1.54, 1.807) is 11.1 Å². The van der Waals surface area contributed by atoms with Crippen LogP contribution < -0.4 is 5.32 Å². The molecule has 0 bridgehead atoms. The molecule has 0 spiro atoms. The lowest BCUT2D eigenvalue weighted by Crippen LogP contribution is -2.43. The van der Waals surface area contributed by atoms with Crippen LogP contribution in [0, 0.1) is 6.92 Å². The fourth-order valence-electron chi connectivity index (χ4n) is 3.88. The van der Waals surface area contributed by atoms with Gasteiger partial charge in [0, 0.05) is 36.8 Å². The molecule has 1 unspecified atom stereocenters. The van der Waals surface area contributed by atoms with Crippen LogP contribution in [0.5, 0.6) is 0 Å². The second-order valence-electron chi connectivity index (χ2n) is 7.09. The predicted octanol–water partition coefficient (Wildman–Crippen LogP) is 0.957. The van der Waals surface area contributed by atoms with Gasteiger partial charge in [-0.1, -0.05) is 12.1 Å². The topological polar surface area (TPSA) is 94.7 Å². The van der Waals surface area contributed by atoms with Crippen molar-refractivity contribution in [2.24, 2.45) is 0 Å². The highest BCUT2D eigenvalue weighted by Gasteiger charge is 2.38. The van der Waals surface area contributed by atoms with Gasteiger partial charge in [0.1, 0.15) is 6.10 Å². The largest absolute Gasteiger partial charge is 0.389 e. The molecule has 2 aliphatic heterocycles. The number of fused-ring (bicyclic) bond motifs is 1. The molecular weight excluding hydrogens is 334 g/mol. The van der Waals surface area contributed by atoms with E-state index in [2.05, 4.69) is 10.3 Å². The van der Waals surface area contributed by atoms with Gasteiger partial charge in [0.05, 0.1) is 17.7 Å². The third-order valence-electron chi connectivity index (χ3n) is 5.28. The van der Waals surface area contributed by atoms with Crippen molar-refractivity contribution in [3.8, 4) is 0 Å². The summed E-state index contributed by atoms with van der Waals surface area (Å²) in [5.41, 5.74) is 2.46. The minimum Gasteiger partial charge on any atom is -0.389 e. The Kier molecular flexibility index (Phi) is 4.42. The number of amides is 2. The summed E-state index contributed by atoms with van der Waals surface area (Å²) in [6.07, 6.45) is 2.09. The molecule has 7 heteroatoms. The number of aliphatic hydroxyl groups excluding tert-OH is 1. The second-order valence-corrected chi connectivity index (χ2v) is 7.09. The highest BCUT2D eigenvalue weighted by Crippen LogP contribution is 2.23. The minimum atomic E-state index is -0.782. The number of likely N-dealkylation sites (tertiary alicyclic amines) is 1. The highest BCUT2D eigenvalue weighted by molar-refractivity contribution is 6.08. The molecule has 0 radical (unpaired) electrons. The minimum absolute atomic E-state index is 0.0961. The smallest absolute Gasteiger partial charge is 0.253 e. The second kappa shape index (κ2) is 6.74. The molecule has 1 aromatic carbocycles. The Balaban J connectivity index is 1.46. The quantitative estimate of drug-likeness (QED) is 0.762. The van der Waals surface area contributed by atoms with Crippen molar-refractivity contribution in [3.63, 3.8) is 0 Å². The van der Waals surface area contributed by atoms with Crippen molar-refractivity contribution in [1.29, 1.82) is 0 Å². The normalized spacial score (nSPS) is 25.8. The lowest BCUT2D eigenvalue weighted by molar-refractivity contribution is -0.140. The van der Waals surface area contributed by atoms with E-state index in [4.69, 9.17) is 4.74 Å². The van der Waals surface area contributed by atoms with E-state index in [1.807, 2.05) is 25.1 Å². The van der Waals surface area contributed by atoms with Gasteiger partial charge in [-0.25, -0.2) is 0 Å². The van der Waals surface area contributed by atoms with Crippen molar-refractivity contribution in [3.05, 3.63) is 35.5 Å². The lowest BCUT2D eigenvalue weighted by Gasteiger charge is -2.20. The van der Waals surface area contributed by atoms with Crippen molar-refractivity contribution in [2.75, 3.05) is 19.7 Å². The first-order chi connectivity index (χ1) is 12.5. The van der Waals surface area contributed by atoms with Gasteiger partial charge in [0.2, 0.25) is 0 Å². The number of benzene rings is 1. The molecule has 0 saturated carbocycles. The molecule has 2 fully saturated rings. The van der Waals surface area contributed by atoms with E-state index in [0.29, 0.717) is 18.7 Å². The van der Waals surface area contributed by atoms with Gasteiger partial charge in [0.15, 0.2) is 0 Å². The molecule has 3 atom stereocenters. The molecule has 2 amide bonds. The Morgan fingerprint density at radius 3 is 2.96 bits per heavy atom. The van der Waals surface area contributed by atoms with Crippen LogP contribution in [0.1, 0.15) is 28.8 Å². The van der Waals surface area contributed by atoms with Crippen molar-refractivity contribution in [2.45, 2.75) is 38.0 Å². The number of hydrogen-bond acceptors (Lipinski definition) is 4. The highest BCUT2D eigenvalue weighted by atomic mass is 16.5. The van der Waals surface area contributed by atoms with Crippen molar-refractivity contribution >= 4 is 22.7 Å². The number of aromatic nitrogens is 1. The fraction of sp³-hybridized carbons (Fsp3) is 0.474. The zero-order valence-electron chi connectivity index (χ0n) is 14.7. The first kappa shape index (κ1) is 17.1. The maximum absolute atomic E-state index is 12.7. The molecule has 26 heavy (non-hydrogen) atoms. The van der Waals surface area contributed by atoms with Crippen molar-refractivity contribution < 1.29 is 19.4 Å². The zero-order valence-corrected chi connectivity index (χ0v) is 14.7. The number of rotatable bonds is 3. The standard InChI is InChI=1S/C19H23N3O4/c1-11-4-2-5-13-17(11)12(8-20-13)18(24)21-14-9-22(10-15(14)23)19(25)16-6-3-7-26-16/h2,4-5,8,14-16,20,23H,3,6-7,9-10H2,1H3,(H,21,24)/t14-,15+,16?/m1/s1. The van der Waals surface area contributed by atoms with Crippen LogP contribution in [0.25, 0.3) is 10.9 Å². The first-order valence-electron chi connectivity index (χ1n) is 9.00. The average molecular weight is 357 g/mol. The van der Waals surface area contributed by atoms with Crippen LogP contribution in [-0.4, -0.2) is 64.8 Å². The van der Waals surface area contributed by atoms with Gasteiger partial charge in [-0.2, -0.15) is 0 Å². The molecule has 138 valence electrons. The van der Waals surface area contributed by atoms with E-state index < -0.39 is 18.2 Å². The number of carbonyl (C=O) groups is 2. The Morgan fingerprint density at radius 1 is 1.35 bits per heavy atom. The summed E-state index contributed by atoms with van der Waals surface area (Å²) in [6, 6.07) is 5.33. The molecule has 0 aliphatic carbocycles. The van der Waals surface area contributed by atoms with Gasteiger partial charge in [-0.15, -0.1) is 0 Å². The van der Waals surface area contributed by atoms with Gasteiger partial charge < -0.3 is 25.0 Å². The van der Waals surface area contributed by atoms with Gasteiger partial charge in [-0.05, 0) is 31.4 Å². The fourth-order valence-corrected chi connectivity index (χ4v) is 3.88. The van der Waals surface area contributed by atoms with Gasteiger partial charge in [0.25, 0.3) is 11.8 Å². The predicted molar refractivity (Wildman–Crippen MR) is 95.9 cm³/mol. The third-order valence-corrected chi connectivity index (χ3v) is 5.28. The average Bonchev–Trinajstić information content (AvgIpc) is 3.34. The molecular formula is C19H23N3O4. The number of carbonyl (C=O) groups excluding carboxylic acids is 2. The summed E-state index contributed by atoms with van der Waals surface area (Å²) in [5.74, 6) is -0.345. The van der Waals surface area contributed by atoms with E-state index in [1.165, 1.54) is 0 Å². The van der Waals surface area contributed by atoms with Crippen LogP contribution >= 0.6 is 0 Å². The summed E-state index contributed by atoms with van der Waals surface area (Å²) in [7, 11) is 0. The molecule has 2 saturated heterocycles. The number of aromatic amines is 1. The van der Waals surface area contributed by atoms with Crippen LogP contribution in [0.15, 0.2) is 24.4 Å². The van der Waals surface area contributed by atoms with E-state index in [9.17, 15) is 14.7 Å². The van der Waals surface area contributed by atoms with E-state index in [-0.39, 0.29) is 18.4 Å². The third kappa shape index (κ3) is 2.97. The van der Waals surface area contributed by atoms with Crippen LogP contribution in [0.3, 0.4) is 0 Å². The Morgan fingerprint density at radius 2 is 2.19 bits per heavy atom. The van der Waals surface area contributed by atoms with Gasteiger partial charge >= 0.3 is 0 Å². The number of aliphatic hydroxyl groups is 1. The number of hydrogen-bond donors (Lipinski definition) is 3. The Hall–Kier alpha value is -2.38. The summed E-state index contributed by atoms with van der Waals surface area (Å²) < 4.78 is 5.43. The SMILES string of the molecule is Cc1cccc2[nH]cc(C(=O)N[C@@H]3CN(C(=O)C4CCCO4)C[C@@H]3O)c12. The molecule has 4 rings (SSSR count). The monoisotopic (exact) mass is 357 g/mol. The molecule has 2 aliphatic rings. The van der Waals surface area contributed by atoms with Crippen LogP contribution in [0.2, 0.25) is 0 Å². The summed E-state index contributed by atoms with van der Waals surface area (Å²) in [5, 5.41) is 14.1. The molecule has 2 aromatic rings. The molecule has 7 nitrogen and oxygen atoms in total. The number of nitrogens with zero attached hydrogens (tertiary/aromatic N) is 1. The van der Waals surface area contributed by atoms with E-state index in [0.717, 1.165) is 29.3 Å². The van der Waals surface area contributed by atoms with E-state index >= 15 is 0 Å². The van der Waals surface area contributed by atoms with Crippen LogP contribution in [0.4, 0.5) is 0 Å². The molecule has 3 heterocycles. The number of aryl methyl sites for hydroxylation is 1. The number of β-amino-alcohol motifs (C(OH)–C–C–N with tert-alkyl or cyclic N) is 1.